The van der Waals surface area contributed by atoms with Crippen molar-refractivity contribution in [1.82, 2.24) is 14.4 Å². The number of rotatable bonds is 9. The maximum Gasteiger partial charge on any atom is 0.349 e. The fourth-order valence-electron chi connectivity index (χ4n) is 4.24. The first-order valence-electron chi connectivity index (χ1n) is 12.2. The van der Waals surface area contributed by atoms with Crippen molar-refractivity contribution in [3.63, 3.8) is 0 Å². The van der Waals surface area contributed by atoms with E-state index in [9.17, 15) is 19.8 Å². The van der Waals surface area contributed by atoms with Crippen LogP contribution in [0.3, 0.4) is 0 Å². The van der Waals surface area contributed by atoms with E-state index in [1.165, 1.54) is 0 Å². The van der Waals surface area contributed by atoms with E-state index < -0.39 is 18.0 Å². The smallest absolute Gasteiger partial charge is 0.349 e. The van der Waals surface area contributed by atoms with Crippen LogP contribution in [-0.2, 0) is 18.0 Å². The van der Waals surface area contributed by atoms with E-state index in [4.69, 9.17) is 21.1 Å². The van der Waals surface area contributed by atoms with Crippen LogP contribution in [0.4, 0.5) is 0 Å². The zero-order chi connectivity index (χ0) is 28.4. The number of carboxylic acid groups (broad SMARTS) is 1. The first-order valence-corrected chi connectivity index (χ1v) is 13.4. The number of hydrogen-bond acceptors (Lipinski definition) is 8. The fourth-order valence-corrected chi connectivity index (χ4v) is 5.68. The Balaban J connectivity index is 1.38. The molecule has 0 radical (unpaired) electrons. The number of aromatic nitrogens is 3. The monoisotopic (exact) mass is 577 g/mol. The van der Waals surface area contributed by atoms with Crippen molar-refractivity contribution in [3.05, 3.63) is 105 Å². The van der Waals surface area contributed by atoms with E-state index in [0.29, 0.717) is 49.2 Å². The number of ether oxygens (including phenoxy) is 2. The van der Waals surface area contributed by atoms with Crippen LogP contribution in [0.1, 0.15) is 55.4 Å². The number of thiophene rings is 1. The molecule has 0 spiro atoms. The van der Waals surface area contributed by atoms with Crippen molar-refractivity contribution in [3.8, 4) is 16.3 Å². The molecule has 40 heavy (non-hydrogen) atoms. The molecule has 0 unspecified atom stereocenters. The third-order valence-electron chi connectivity index (χ3n) is 6.31. The minimum Gasteiger partial charge on any atom is -0.484 e. The molecule has 0 amide bonds. The van der Waals surface area contributed by atoms with Gasteiger partial charge in [-0.3, -0.25) is 9.38 Å². The predicted molar refractivity (Wildman–Crippen MR) is 150 cm³/mol. The van der Waals surface area contributed by atoms with Crippen LogP contribution >= 0.6 is 22.9 Å². The van der Waals surface area contributed by atoms with Crippen LogP contribution in [0.2, 0.25) is 5.02 Å². The second kappa shape index (κ2) is 11.5. The Morgan fingerprint density at radius 2 is 1.90 bits per heavy atom. The molecule has 0 saturated heterocycles. The highest BCUT2D eigenvalue weighted by Crippen LogP contribution is 2.43. The molecule has 5 aromatic rings. The van der Waals surface area contributed by atoms with Gasteiger partial charge in [-0.25, -0.2) is 14.6 Å². The van der Waals surface area contributed by atoms with Gasteiger partial charge < -0.3 is 19.7 Å². The number of aliphatic hydroxyl groups excluding tert-OH is 1. The number of fused-ring (bicyclic) bond motifs is 1. The van der Waals surface area contributed by atoms with Gasteiger partial charge in [0.05, 0.1) is 40.8 Å². The Hall–Kier alpha value is -4.25. The first-order chi connectivity index (χ1) is 19.3. The fraction of sp³-hybridized carbons (Fsp3) is 0.172. The maximum absolute atomic E-state index is 12.2. The number of benzene rings is 2. The lowest BCUT2D eigenvalue weighted by molar-refractivity contribution is 0.0472. The molecule has 1 atom stereocenters. The molecule has 0 bridgehead atoms. The summed E-state index contributed by atoms with van der Waals surface area (Å²) in [5.74, 6) is -1.31. The second-order valence-corrected chi connectivity index (χ2v) is 10.4. The molecule has 11 heteroatoms. The summed E-state index contributed by atoms with van der Waals surface area (Å²) in [6.45, 7) is 3.38. The number of esters is 1. The highest BCUT2D eigenvalue weighted by atomic mass is 35.5. The molecule has 0 aliphatic carbocycles. The van der Waals surface area contributed by atoms with Gasteiger partial charge in [-0.1, -0.05) is 41.9 Å². The van der Waals surface area contributed by atoms with Crippen molar-refractivity contribution < 1.29 is 29.3 Å². The number of nitrogens with zero attached hydrogens (tertiary/aromatic N) is 3. The molecule has 0 aliphatic heterocycles. The van der Waals surface area contributed by atoms with Crippen molar-refractivity contribution in [1.29, 1.82) is 0 Å². The summed E-state index contributed by atoms with van der Waals surface area (Å²) in [4.78, 5) is 33.6. The van der Waals surface area contributed by atoms with Gasteiger partial charge in [0.2, 0.25) is 0 Å². The second-order valence-electron chi connectivity index (χ2n) is 8.99. The van der Waals surface area contributed by atoms with E-state index in [1.807, 2.05) is 6.07 Å². The summed E-state index contributed by atoms with van der Waals surface area (Å²) in [5.41, 5.74) is 4.13. The maximum atomic E-state index is 12.2. The van der Waals surface area contributed by atoms with Crippen LogP contribution in [0.25, 0.3) is 16.2 Å². The Morgan fingerprint density at radius 3 is 2.60 bits per heavy atom. The number of imidazole rings is 1. The zero-order valence-corrected chi connectivity index (χ0v) is 23.1. The zero-order valence-electron chi connectivity index (χ0n) is 21.5. The Labute approximate surface area is 238 Å². The molecule has 204 valence electrons. The summed E-state index contributed by atoms with van der Waals surface area (Å²) < 4.78 is 13.4. The lowest BCUT2D eigenvalue weighted by Gasteiger charge is -2.18. The number of carboxylic acids is 1. The van der Waals surface area contributed by atoms with E-state index in [1.54, 1.807) is 79.3 Å². The molecule has 5 rings (SSSR count). The van der Waals surface area contributed by atoms with Crippen molar-refractivity contribution in [2.45, 2.75) is 33.2 Å². The van der Waals surface area contributed by atoms with E-state index in [2.05, 4.69) is 9.97 Å². The average molecular weight is 578 g/mol. The van der Waals surface area contributed by atoms with Gasteiger partial charge in [-0.15, -0.1) is 11.3 Å². The lowest BCUT2D eigenvalue weighted by Crippen LogP contribution is -2.08. The van der Waals surface area contributed by atoms with Gasteiger partial charge in [-0.2, -0.15) is 0 Å². The third kappa shape index (κ3) is 5.42. The van der Waals surface area contributed by atoms with Crippen LogP contribution in [0.15, 0.2) is 67.1 Å². The standard InChI is InChI=1S/C29H24ClN3O6S/c1-16-25(27(28(35)36)40-26(16)23-11-32-24-12-31-20(14-34)13-33(23)24)39-17(2)21-9-8-18(10-22(21)30)15-38-29(37)19-6-4-3-5-7-19/h3-13,17,34H,14-15H2,1-2H3,(H,35,36)/t17-/m1/s1. The van der Waals surface area contributed by atoms with Gasteiger partial charge >= 0.3 is 11.9 Å². The van der Waals surface area contributed by atoms with E-state index in [0.717, 1.165) is 11.3 Å². The van der Waals surface area contributed by atoms with Crippen LogP contribution in [0.5, 0.6) is 5.75 Å². The van der Waals surface area contributed by atoms with Crippen molar-refractivity contribution in [2.75, 3.05) is 0 Å². The molecule has 0 saturated carbocycles. The molecule has 2 aromatic carbocycles. The summed E-state index contributed by atoms with van der Waals surface area (Å²) in [7, 11) is 0. The highest BCUT2D eigenvalue weighted by Gasteiger charge is 2.26. The van der Waals surface area contributed by atoms with Gasteiger partial charge in [0, 0.05) is 22.3 Å². The lowest BCUT2D eigenvalue weighted by atomic mass is 10.1. The summed E-state index contributed by atoms with van der Waals surface area (Å²) in [6, 6.07) is 14.0. The third-order valence-corrected chi connectivity index (χ3v) is 7.92. The molecule has 3 aromatic heterocycles. The van der Waals surface area contributed by atoms with Crippen molar-refractivity contribution in [2.24, 2.45) is 0 Å². The molecule has 9 nitrogen and oxygen atoms in total. The van der Waals surface area contributed by atoms with Gasteiger partial charge in [-0.05, 0) is 37.6 Å². The van der Waals surface area contributed by atoms with Gasteiger partial charge in [0.1, 0.15) is 18.5 Å². The van der Waals surface area contributed by atoms with Gasteiger partial charge in [0.25, 0.3) is 0 Å². The largest absolute Gasteiger partial charge is 0.484 e. The molecular weight excluding hydrogens is 554 g/mol. The number of aliphatic hydroxyl groups is 1. The summed E-state index contributed by atoms with van der Waals surface area (Å²) >= 11 is 7.65. The number of hydrogen-bond donors (Lipinski definition) is 2. The molecule has 0 aliphatic rings. The van der Waals surface area contributed by atoms with Gasteiger partial charge in [0.15, 0.2) is 10.5 Å². The SMILES string of the molecule is Cc1c(-c2cnc3cnc(CO)cn23)sc(C(=O)O)c1O[C@H](C)c1ccc(COC(=O)c2ccccc2)cc1Cl. The van der Waals surface area contributed by atoms with Crippen LogP contribution < -0.4 is 4.74 Å². The first kappa shape index (κ1) is 27.3. The summed E-state index contributed by atoms with van der Waals surface area (Å²) in [6.07, 6.45) is 4.26. The minimum atomic E-state index is -1.12. The Morgan fingerprint density at radius 1 is 1.12 bits per heavy atom. The predicted octanol–water partition coefficient (Wildman–Crippen LogP) is 6.11. The number of halogens is 1. The topological polar surface area (TPSA) is 123 Å². The van der Waals surface area contributed by atoms with E-state index in [-0.39, 0.29) is 23.8 Å². The quantitative estimate of drug-likeness (QED) is 0.201. The Kier molecular flexibility index (Phi) is 7.83. The number of aromatic carboxylic acids is 1. The molecule has 2 N–H and O–H groups in total. The normalized spacial score (nSPS) is 11.9. The molecular formula is C29H24ClN3O6S. The van der Waals surface area contributed by atoms with E-state index >= 15 is 0 Å². The van der Waals surface area contributed by atoms with Crippen LogP contribution in [0, 0.1) is 6.92 Å². The number of carbonyl (C=O) groups excluding carboxylic acids is 1. The Bertz CT molecular complexity index is 1720. The average Bonchev–Trinajstić information content (AvgIpc) is 3.52. The summed E-state index contributed by atoms with van der Waals surface area (Å²) in [5, 5.41) is 19.9. The minimum absolute atomic E-state index is 0.0475. The number of carbonyl (C=O) groups is 2. The molecule has 3 heterocycles. The highest BCUT2D eigenvalue weighted by molar-refractivity contribution is 7.17. The van der Waals surface area contributed by atoms with Crippen LogP contribution in [-0.4, -0.2) is 36.5 Å². The van der Waals surface area contributed by atoms with Crippen molar-refractivity contribution >= 4 is 40.5 Å². The molecule has 0 fully saturated rings.